The first-order valence-electron chi connectivity index (χ1n) is 32.4. The number of methoxy groups -OCH3 is 1. The van der Waals surface area contributed by atoms with Crippen molar-refractivity contribution in [1.82, 2.24) is 38.2 Å². The first-order valence-corrected chi connectivity index (χ1v) is 32.4. The second kappa shape index (κ2) is 31.2. The Balaban J connectivity index is 0.000000123. The minimum Gasteiger partial charge on any atom is -0.508 e. The number of hydrogen-bond donors (Lipinski definition) is 6. The number of para-hydroxylation sites is 8. The highest BCUT2D eigenvalue weighted by atomic mass is 16.5. The predicted octanol–water partition coefficient (Wildman–Crippen LogP) is 16.4. The van der Waals surface area contributed by atoms with Crippen LogP contribution in [-0.4, -0.2) is 85.1 Å². The molecular weight excluding hydrogens is 1310 g/mol. The number of hydrogen-bond acceptors (Lipinski definition) is 12. The van der Waals surface area contributed by atoms with E-state index < -0.39 is 5.97 Å². The molecule has 0 saturated carbocycles. The van der Waals surface area contributed by atoms with Gasteiger partial charge in [-0.1, -0.05) is 72.8 Å². The van der Waals surface area contributed by atoms with Gasteiger partial charge in [0.05, 0.1) is 68.4 Å². The van der Waals surface area contributed by atoms with Gasteiger partial charge < -0.3 is 36.2 Å². The van der Waals surface area contributed by atoms with Crippen molar-refractivity contribution in [2.24, 2.45) is 0 Å². The van der Waals surface area contributed by atoms with E-state index in [-0.39, 0.29) is 34.9 Å². The van der Waals surface area contributed by atoms with Gasteiger partial charge in [0, 0.05) is 67.8 Å². The number of anilines is 4. The lowest BCUT2D eigenvalue weighted by molar-refractivity contribution is 0.0696. The minimum atomic E-state index is -1.01. The van der Waals surface area contributed by atoms with E-state index in [0.717, 1.165) is 72.6 Å². The molecule has 21 nitrogen and oxygen atoms in total. The van der Waals surface area contributed by atoms with Gasteiger partial charge in [0.2, 0.25) is 0 Å². The number of phenols is 1. The van der Waals surface area contributed by atoms with Crippen LogP contribution in [0.3, 0.4) is 0 Å². The Hall–Kier alpha value is -15.0. The molecule has 0 spiro atoms. The molecule has 0 saturated heterocycles. The van der Waals surface area contributed by atoms with E-state index >= 15 is 0 Å². The topological polar surface area (TPSA) is 278 Å². The van der Waals surface area contributed by atoms with Crippen LogP contribution in [0.2, 0.25) is 0 Å². The predicted molar refractivity (Wildman–Crippen MR) is 402 cm³/mol. The van der Waals surface area contributed by atoms with Crippen LogP contribution in [0.4, 0.5) is 22.7 Å². The molecule has 21 heteroatoms. The van der Waals surface area contributed by atoms with Crippen molar-refractivity contribution in [3.63, 3.8) is 0 Å². The average molecular weight is 1370 g/mol. The lowest BCUT2D eigenvalue weighted by Gasteiger charge is -2.09. The maximum Gasteiger partial charge on any atom is 0.335 e. The summed E-state index contributed by atoms with van der Waals surface area (Å²) in [6, 6.07) is 89.3. The summed E-state index contributed by atoms with van der Waals surface area (Å²) in [5.74, 6) is -0.958. The van der Waals surface area contributed by atoms with Crippen molar-refractivity contribution in [2.75, 3.05) is 28.4 Å². The van der Waals surface area contributed by atoms with Crippen molar-refractivity contribution < 1.29 is 38.9 Å². The molecule has 0 radical (unpaired) electrons. The standard InChI is InChI=1S/C21H14N4O.C21H15N3O3.C21H17N3O2.C20H15N3O2/c22-13-15-8-10-17(11-9-15)24-21(26)16-4-3-5-18(12-16)25-14-23-19-6-1-2-7-20(19)25;25-20(23-16-10-8-14(9-11-16)21(26)27)15-4-3-5-17(12-15)24-13-22-18-6-1-2-7-19(18)24;1-26-18-11-9-16(10-12-18)23-21(25)15-5-4-6-17(13-15)24-14-22-19-7-2-3-8-20(19)24;24-17-10-8-15(9-11-17)22-20(25)14-4-3-5-16(12-14)23-13-21-18-6-1-2-7-19(18)23/h1-12,14H,(H,24,26);1-13H,(H,23,25)(H,26,27);2-14H,1H3,(H,23,25);1-13,24H,(H,22,25). The molecule has 0 aliphatic carbocycles. The number of ether oxygens (including phenoxy) is 1. The van der Waals surface area contributed by atoms with Crippen LogP contribution in [0.1, 0.15) is 57.4 Å². The van der Waals surface area contributed by atoms with E-state index in [2.05, 4.69) is 47.3 Å². The number of nitriles is 1. The number of aromatic nitrogens is 8. The fourth-order valence-electron chi connectivity index (χ4n) is 11.2. The van der Waals surface area contributed by atoms with Gasteiger partial charge in [-0.25, -0.2) is 24.7 Å². The van der Waals surface area contributed by atoms with Crippen LogP contribution < -0.4 is 26.0 Å². The number of phenolic OH excluding ortho intramolecular Hbond substituents is 1. The van der Waals surface area contributed by atoms with Crippen molar-refractivity contribution in [1.29, 1.82) is 5.26 Å². The number of carboxylic acid groups (broad SMARTS) is 1. The van der Waals surface area contributed by atoms with Crippen LogP contribution in [0.25, 0.3) is 66.9 Å². The number of fused-ring (bicyclic) bond motifs is 4. The molecule has 104 heavy (non-hydrogen) atoms. The summed E-state index contributed by atoms with van der Waals surface area (Å²) < 4.78 is 12.9. The maximum absolute atomic E-state index is 12.6. The van der Waals surface area contributed by atoms with E-state index in [0.29, 0.717) is 50.6 Å². The monoisotopic (exact) mass is 1370 g/mol. The zero-order chi connectivity index (χ0) is 71.9. The second-order valence-corrected chi connectivity index (χ2v) is 23.3. The molecule has 0 fully saturated rings. The number of benzene rings is 12. The summed E-state index contributed by atoms with van der Waals surface area (Å²) in [7, 11) is 1.61. The summed E-state index contributed by atoms with van der Waals surface area (Å²) in [6.45, 7) is 0. The SMILES string of the molecule is COc1ccc(NC(=O)c2cccc(-n3cnc4ccccc43)c2)cc1.N#Cc1ccc(NC(=O)c2cccc(-n3cnc4ccccc43)c2)cc1.O=C(Nc1ccc(O)cc1)c1cccc(-n2cnc3ccccc32)c1.O=C(O)c1ccc(NC(=O)c2cccc(-n3cnc4ccccc43)c2)cc1. The molecule has 0 aliphatic heterocycles. The van der Waals surface area contributed by atoms with Crippen LogP contribution in [0.5, 0.6) is 11.5 Å². The van der Waals surface area contributed by atoms with Gasteiger partial charge >= 0.3 is 5.97 Å². The largest absolute Gasteiger partial charge is 0.508 e. The van der Waals surface area contributed by atoms with Crippen LogP contribution in [0.15, 0.2) is 316 Å². The van der Waals surface area contributed by atoms with E-state index in [1.165, 1.54) is 24.3 Å². The number of aromatic carboxylic acids is 1. The third-order valence-corrected chi connectivity index (χ3v) is 16.5. The van der Waals surface area contributed by atoms with Crippen molar-refractivity contribution in [3.05, 3.63) is 350 Å². The Labute approximate surface area is 594 Å². The Bertz CT molecular complexity index is 5840. The molecule has 12 aromatic carbocycles. The maximum atomic E-state index is 12.6. The number of carbonyl (C=O) groups is 5. The number of rotatable bonds is 14. The molecule has 0 unspecified atom stereocenters. The number of nitrogens with one attached hydrogen (secondary N) is 4. The highest BCUT2D eigenvalue weighted by Crippen LogP contribution is 2.26. The zero-order valence-electron chi connectivity index (χ0n) is 55.4. The lowest BCUT2D eigenvalue weighted by Crippen LogP contribution is -2.12. The summed E-state index contributed by atoms with van der Waals surface area (Å²) in [5, 5.41) is 38.4. The number of imidazole rings is 4. The Morgan fingerprint density at radius 3 is 0.913 bits per heavy atom. The van der Waals surface area contributed by atoms with Gasteiger partial charge in [0.25, 0.3) is 23.6 Å². The van der Waals surface area contributed by atoms with Crippen LogP contribution >= 0.6 is 0 Å². The Kier molecular flexibility index (Phi) is 20.3. The smallest absolute Gasteiger partial charge is 0.335 e. The minimum absolute atomic E-state index is 0.159. The first-order chi connectivity index (χ1) is 50.8. The van der Waals surface area contributed by atoms with Crippen molar-refractivity contribution >= 4 is 96.5 Å². The number of nitrogens with zero attached hydrogens (tertiary/aromatic N) is 9. The molecule has 506 valence electrons. The van der Waals surface area contributed by atoms with Gasteiger partial charge in [0.1, 0.15) is 36.8 Å². The molecule has 16 aromatic rings. The van der Waals surface area contributed by atoms with Crippen LogP contribution in [-0.2, 0) is 0 Å². The number of carbonyl (C=O) groups excluding carboxylic acids is 4. The van der Waals surface area contributed by atoms with E-state index in [4.69, 9.17) is 15.1 Å². The van der Waals surface area contributed by atoms with Gasteiger partial charge in [-0.3, -0.25) is 37.4 Å². The normalized spacial score (nSPS) is 10.6. The molecule has 6 N–H and O–H groups in total. The summed E-state index contributed by atoms with van der Waals surface area (Å²) in [4.78, 5) is 78.6. The van der Waals surface area contributed by atoms with Gasteiger partial charge in [-0.2, -0.15) is 5.26 Å². The zero-order valence-corrected chi connectivity index (χ0v) is 55.4. The number of amides is 4. The summed E-state index contributed by atoms with van der Waals surface area (Å²) in [5.41, 5.74) is 16.4. The first kappa shape index (κ1) is 67.5. The highest BCUT2D eigenvalue weighted by molar-refractivity contribution is 6.07. The quantitative estimate of drug-likeness (QED) is 0.0553. The van der Waals surface area contributed by atoms with Gasteiger partial charge in [-0.05, 0) is 218 Å². The van der Waals surface area contributed by atoms with Crippen molar-refractivity contribution in [2.45, 2.75) is 0 Å². The molecule has 0 atom stereocenters. The van der Waals surface area contributed by atoms with Gasteiger partial charge in [0.15, 0.2) is 0 Å². The van der Waals surface area contributed by atoms with Gasteiger partial charge in [-0.15, -0.1) is 0 Å². The Morgan fingerprint density at radius 2 is 0.625 bits per heavy atom. The molecule has 0 aliphatic rings. The fourth-order valence-corrected chi connectivity index (χ4v) is 11.2. The van der Waals surface area contributed by atoms with E-state index in [1.54, 1.807) is 111 Å². The summed E-state index contributed by atoms with van der Waals surface area (Å²) in [6.07, 6.45) is 7.00. The molecule has 4 heterocycles. The van der Waals surface area contributed by atoms with E-state index in [1.807, 2.05) is 206 Å². The average Bonchev–Trinajstić information content (AvgIpc) is 1.67. The molecule has 4 aromatic heterocycles. The highest BCUT2D eigenvalue weighted by Gasteiger charge is 2.16. The second-order valence-electron chi connectivity index (χ2n) is 23.3. The number of carboxylic acids is 1. The van der Waals surface area contributed by atoms with Crippen LogP contribution in [0, 0.1) is 11.3 Å². The lowest BCUT2D eigenvalue weighted by atomic mass is 10.1. The molecule has 0 bridgehead atoms. The fraction of sp³-hybridized carbons (Fsp3) is 0.0120. The molecule has 16 rings (SSSR count). The molecule has 4 amide bonds. The Morgan fingerprint density at radius 1 is 0.346 bits per heavy atom. The molecular formula is C83H61N13O8. The third kappa shape index (κ3) is 15.9. The summed E-state index contributed by atoms with van der Waals surface area (Å²) >= 11 is 0. The number of aromatic hydroxyl groups is 1. The van der Waals surface area contributed by atoms with E-state index in [9.17, 15) is 29.1 Å². The third-order valence-electron chi connectivity index (χ3n) is 16.5. The van der Waals surface area contributed by atoms with Crippen molar-refractivity contribution in [3.8, 4) is 40.3 Å².